The van der Waals surface area contributed by atoms with Gasteiger partial charge in [-0.3, -0.25) is 9.47 Å². The van der Waals surface area contributed by atoms with E-state index < -0.39 is 0 Å². The highest BCUT2D eigenvalue weighted by Gasteiger charge is 2.33. The average molecular weight is 337 g/mol. The number of piperidine rings is 1. The summed E-state index contributed by atoms with van der Waals surface area (Å²) in [5, 5.41) is 13.8. The van der Waals surface area contributed by atoms with E-state index in [4.69, 9.17) is 0 Å². The molecule has 1 aromatic heterocycles. The first-order valence-corrected chi connectivity index (χ1v) is 9.03. The maximum absolute atomic E-state index is 12.3. The molecule has 2 aromatic rings. The van der Waals surface area contributed by atoms with Gasteiger partial charge in [-0.05, 0) is 50.4 Å². The van der Waals surface area contributed by atoms with Crippen molar-refractivity contribution in [1.29, 1.82) is 5.26 Å². The van der Waals surface area contributed by atoms with Crippen LogP contribution in [0.4, 0.5) is 0 Å². The third-order valence-corrected chi connectivity index (χ3v) is 5.38. The molecule has 1 aliphatic heterocycles. The van der Waals surface area contributed by atoms with Gasteiger partial charge in [-0.15, -0.1) is 0 Å². The minimum atomic E-state index is 0.0304. The van der Waals surface area contributed by atoms with Gasteiger partial charge in [-0.1, -0.05) is 18.2 Å². The first kappa shape index (κ1) is 16.1. The molecule has 0 unspecified atom stereocenters. The molecule has 1 saturated carbocycles. The van der Waals surface area contributed by atoms with Gasteiger partial charge in [0.15, 0.2) is 0 Å². The maximum Gasteiger partial charge on any atom is 0.345 e. The molecule has 2 heterocycles. The fourth-order valence-corrected chi connectivity index (χ4v) is 3.81. The third-order valence-electron chi connectivity index (χ3n) is 5.38. The van der Waals surface area contributed by atoms with E-state index in [1.165, 1.54) is 4.68 Å². The number of hydrogen-bond acceptors (Lipinski definition) is 4. The molecule has 4 rings (SSSR count). The first-order valence-electron chi connectivity index (χ1n) is 9.03. The highest BCUT2D eigenvalue weighted by Crippen LogP contribution is 2.37. The number of hydrogen-bond donors (Lipinski definition) is 0. The molecule has 2 fully saturated rings. The second-order valence-corrected chi connectivity index (χ2v) is 7.18. The Morgan fingerprint density at radius 2 is 1.92 bits per heavy atom. The lowest BCUT2D eigenvalue weighted by Gasteiger charge is -2.31. The van der Waals surface area contributed by atoms with Crippen molar-refractivity contribution < 1.29 is 0 Å². The van der Waals surface area contributed by atoms with E-state index >= 15 is 0 Å². The molecule has 0 atom stereocenters. The van der Waals surface area contributed by atoms with E-state index in [0.29, 0.717) is 12.0 Å². The van der Waals surface area contributed by atoms with Gasteiger partial charge in [-0.2, -0.15) is 10.4 Å². The zero-order valence-electron chi connectivity index (χ0n) is 14.6. The maximum atomic E-state index is 12.3. The van der Waals surface area contributed by atoms with E-state index in [0.717, 1.165) is 62.3 Å². The molecule has 1 saturated heterocycles. The smallest absolute Gasteiger partial charge is 0.299 e. The minimum Gasteiger partial charge on any atom is -0.299 e. The molecule has 2 aliphatic rings. The zero-order valence-corrected chi connectivity index (χ0v) is 14.6. The molecule has 0 radical (unpaired) electrons. The van der Waals surface area contributed by atoms with Crippen LogP contribution in [0.5, 0.6) is 0 Å². The second-order valence-electron chi connectivity index (χ2n) is 7.18. The molecule has 0 bridgehead atoms. The summed E-state index contributed by atoms with van der Waals surface area (Å²) >= 11 is 0. The summed E-state index contributed by atoms with van der Waals surface area (Å²) in [7, 11) is 1.75. The van der Waals surface area contributed by atoms with Gasteiger partial charge in [0, 0.05) is 25.6 Å². The van der Waals surface area contributed by atoms with Crippen LogP contribution in [-0.4, -0.2) is 32.3 Å². The van der Waals surface area contributed by atoms with Crippen LogP contribution in [0.2, 0.25) is 0 Å². The quantitative estimate of drug-likeness (QED) is 0.857. The summed E-state index contributed by atoms with van der Waals surface area (Å²) in [4.78, 5) is 14.7. The number of rotatable bonds is 4. The van der Waals surface area contributed by atoms with Crippen LogP contribution in [0.25, 0.3) is 0 Å². The Morgan fingerprint density at radius 1 is 1.20 bits per heavy atom. The highest BCUT2D eigenvalue weighted by molar-refractivity contribution is 5.37. The fourth-order valence-electron chi connectivity index (χ4n) is 3.81. The van der Waals surface area contributed by atoms with Crippen molar-refractivity contribution in [1.82, 2.24) is 19.2 Å². The fraction of sp³-hybridized carbons (Fsp3) is 0.526. The van der Waals surface area contributed by atoms with E-state index in [-0.39, 0.29) is 5.69 Å². The van der Waals surface area contributed by atoms with E-state index in [9.17, 15) is 10.1 Å². The predicted octanol–water partition coefficient (Wildman–Crippen LogP) is 2.17. The average Bonchev–Trinajstić information content (AvgIpc) is 3.42. The van der Waals surface area contributed by atoms with Gasteiger partial charge in [0.1, 0.15) is 5.82 Å². The van der Waals surface area contributed by atoms with Crippen molar-refractivity contribution in [2.45, 2.75) is 44.2 Å². The van der Waals surface area contributed by atoms with Crippen LogP contribution >= 0.6 is 0 Å². The molecule has 25 heavy (non-hydrogen) atoms. The third kappa shape index (κ3) is 3.12. The standard InChI is InChI=1S/C19H23N5O/c1-22-19(25)24(17-6-7-17)18(21-22)14-8-10-23(11-9-14)13-16-5-3-2-4-15(16)12-20/h2-5,14,17H,6-11,13H2,1H3. The monoisotopic (exact) mass is 337 g/mol. The van der Waals surface area contributed by atoms with Gasteiger partial charge in [0.25, 0.3) is 0 Å². The molecular weight excluding hydrogens is 314 g/mol. The Morgan fingerprint density at radius 3 is 2.60 bits per heavy atom. The first-order chi connectivity index (χ1) is 12.2. The van der Waals surface area contributed by atoms with E-state index in [1.807, 2.05) is 28.8 Å². The molecule has 1 aromatic carbocycles. The Bertz CT molecular complexity index is 863. The van der Waals surface area contributed by atoms with Crippen LogP contribution in [-0.2, 0) is 13.6 Å². The SMILES string of the molecule is Cn1nc(C2CCN(Cc3ccccc3C#N)CC2)n(C2CC2)c1=O. The number of aromatic nitrogens is 3. The largest absolute Gasteiger partial charge is 0.345 e. The van der Waals surface area contributed by atoms with Crippen molar-refractivity contribution in [3.05, 3.63) is 51.7 Å². The molecule has 0 N–H and O–H groups in total. The number of benzene rings is 1. The summed E-state index contributed by atoms with van der Waals surface area (Å²) in [6.07, 6.45) is 4.22. The van der Waals surface area contributed by atoms with Gasteiger partial charge in [-0.25, -0.2) is 9.48 Å². The zero-order chi connectivity index (χ0) is 17.4. The summed E-state index contributed by atoms with van der Waals surface area (Å²) in [5.41, 5.74) is 1.89. The molecule has 1 aliphatic carbocycles. The lowest BCUT2D eigenvalue weighted by Crippen LogP contribution is -2.34. The molecule has 0 spiro atoms. The van der Waals surface area contributed by atoms with E-state index in [1.54, 1.807) is 7.05 Å². The molecular formula is C19H23N5O. The lowest BCUT2D eigenvalue weighted by molar-refractivity contribution is 0.199. The molecule has 0 amide bonds. The minimum absolute atomic E-state index is 0.0304. The van der Waals surface area contributed by atoms with Crippen molar-refractivity contribution >= 4 is 0 Å². The van der Waals surface area contributed by atoms with Gasteiger partial charge in [0.2, 0.25) is 0 Å². The normalized spacial score (nSPS) is 19.0. The number of aryl methyl sites for hydroxylation is 1. The Labute approximate surface area is 147 Å². The van der Waals surface area contributed by atoms with Gasteiger partial charge in [0.05, 0.1) is 11.6 Å². The van der Waals surface area contributed by atoms with Crippen LogP contribution in [0.15, 0.2) is 29.1 Å². The van der Waals surface area contributed by atoms with Crippen LogP contribution < -0.4 is 5.69 Å². The highest BCUT2D eigenvalue weighted by atomic mass is 16.2. The Hall–Kier alpha value is -2.39. The molecule has 6 nitrogen and oxygen atoms in total. The van der Waals surface area contributed by atoms with Gasteiger partial charge >= 0.3 is 5.69 Å². The second kappa shape index (κ2) is 6.49. The number of nitrogens with zero attached hydrogens (tertiary/aromatic N) is 5. The van der Waals surface area contributed by atoms with Crippen molar-refractivity contribution in [3.8, 4) is 6.07 Å². The molecule has 6 heteroatoms. The van der Waals surface area contributed by atoms with Crippen LogP contribution in [0.1, 0.15) is 54.6 Å². The summed E-state index contributed by atoms with van der Waals surface area (Å²) in [6, 6.07) is 10.5. The number of likely N-dealkylation sites (tertiary alicyclic amines) is 1. The lowest BCUT2D eigenvalue weighted by atomic mass is 9.95. The van der Waals surface area contributed by atoms with Crippen LogP contribution in [0, 0.1) is 11.3 Å². The Kier molecular flexibility index (Phi) is 4.18. The summed E-state index contributed by atoms with van der Waals surface area (Å²) in [5.74, 6) is 1.34. The van der Waals surface area contributed by atoms with Crippen molar-refractivity contribution in [3.63, 3.8) is 0 Å². The Balaban J connectivity index is 1.45. The summed E-state index contributed by atoms with van der Waals surface area (Å²) < 4.78 is 3.43. The molecule has 130 valence electrons. The van der Waals surface area contributed by atoms with Crippen molar-refractivity contribution in [2.24, 2.45) is 7.05 Å². The summed E-state index contributed by atoms with van der Waals surface area (Å²) in [6.45, 7) is 2.76. The van der Waals surface area contributed by atoms with E-state index in [2.05, 4.69) is 16.1 Å². The van der Waals surface area contributed by atoms with Crippen molar-refractivity contribution in [2.75, 3.05) is 13.1 Å². The predicted molar refractivity (Wildman–Crippen MR) is 94.1 cm³/mol. The topological polar surface area (TPSA) is 66.8 Å². The van der Waals surface area contributed by atoms with Crippen LogP contribution in [0.3, 0.4) is 0 Å². The van der Waals surface area contributed by atoms with Gasteiger partial charge < -0.3 is 0 Å². The number of nitriles is 1.